The lowest BCUT2D eigenvalue weighted by Gasteiger charge is -2.18. The van der Waals surface area contributed by atoms with Crippen molar-refractivity contribution in [3.05, 3.63) is 34.3 Å². The van der Waals surface area contributed by atoms with Crippen LogP contribution in [0, 0.1) is 25.7 Å². The fraction of sp³-hybridized carbons (Fsp3) is 0.474. The molecular formula is C19H24N4O2S. The van der Waals surface area contributed by atoms with Crippen LogP contribution in [0.2, 0.25) is 0 Å². The van der Waals surface area contributed by atoms with Gasteiger partial charge in [0, 0.05) is 18.7 Å². The molecule has 0 bridgehead atoms. The summed E-state index contributed by atoms with van der Waals surface area (Å²) in [6, 6.07) is 5.93. The molecule has 1 aliphatic heterocycles. The molecule has 0 saturated carbocycles. The van der Waals surface area contributed by atoms with E-state index in [0.29, 0.717) is 24.0 Å². The van der Waals surface area contributed by atoms with Crippen molar-refractivity contribution in [3.63, 3.8) is 0 Å². The number of hydrogen-bond acceptors (Lipinski definition) is 5. The molecule has 1 aromatic carbocycles. The Kier molecular flexibility index (Phi) is 5.36. The van der Waals surface area contributed by atoms with Gasteiger partial charge >= 0.3 is 0 Å². The highest BCUT2D eigenvalue weighted by molar-refractivity contribution is 7.15. The summed E-state index contributed by atoms with van der Waals surface area (Å²) in [7, 11) is 0. The molecule has 0 radical (unpaired) electrons. The number of amides is 2. The maximum atomic E-state index is 12.7. The largest absolute Gasteiger partial charge is 0.312 e. The standard InChI is InChI=1S/C19H24N4O2S/c1-11(2)9-16-21-22-19(26-16)20-17(24)15-7-8-23(18(15)25)14-6-5-12(3)13(4)10-14/h5-6,10-11,15H,7-9H2,1-4H3,(H,20,22,24). The Labute approximate surface area is 157 Å². The van der Waals surface area contributed by atoms with Gasteiger partial charge in [-0.15, -0.1) is 10.2 Å². The van der Waals surface area contributed by atoms with Gasteiger partial charge in [0.05, 0.1) is 0 Å². The zero-order chi connectivity index (χ0) is 18.8. The molecule has 26 heavy (non-hydrogen) atoms. The fourth-order valence-electron chi connectivity index (χ4n) is 3.00. The zero-order valence-corrected chi connectivity index (χ0v) is 16.4. The van der Waals surface area contributed by atoms with E-state index in [1.807, 2.05) is 32.0 Å². The molecular weight excluding hydrogens is 348 g/mol. The van der Waals surface area contributed by atoms with Crippen LogP contribution in [0.5, 0.6) is 0 Å². The van der Waals surface area contributed by atoms with Gasteiger partial charge in [0.25, 0.3) is 0 Å². The summed E-state index contributed by atoms with van der Waals surface area (Å²) in [6.07, 6.45) is 1.34. The number of anilines is 2. The number of nitrogens with one attached hydrogen (secondary N) is 1. The Morgan fingerprint density at radius 2 is 2.08 bits per heavy atom. The normalized spacial score (nSPS) is 17.2. The zero-order valence-electron chi connectivity index (χ0n) is 15.6. The molecule has 3 rings (SSSR count). The van der Waals surface area contributed by atoms with E-state index in [1.165, 1.54) is 16.9 Å². The average Bonchev–Trinajstić information content (AvgIpc) is 3.16. The average molecular weight is 372 g/mol. The maximum absolute atomic E-state index is 12.7. The highest BCUT2D eigenvalue weighted by atomic mass is 32.1. The lowest BCUT2D eigenvalue weighted by molar-refractivity contribution is -0.129. The topological polar surface area (TPSA) is 75.2 Å². The number of rotatable bonds is 5. The minimum Gasteiger partial charge on any atom is -0.312 e. The van der Waals surface area contributed by atoms with Gasteiger partial charge in [-0.3, -0.25) is 14.9 Å². The second-order valence-electron chi connectivity index (χ2n) is 7.19. The smallest absolute Gasteiger partial charge is 0.239 e. The number of hydrogen-bond donors (Lipinski definition) is 1. The second-order valence-corrected chi connectivity index (χ2v) is 8.25. The van der Waals surface area contributed by atoms with Crippen LogP contribution in [0.25, 0.3) is 0 Å². The maximum Gasteiger partial charge on any atom is 0.239 e. The number of aryl methyl sites for hydroxylation is 2. The Morgan fingerprint density at radius 3 is 2.77 bits per heavy atom. The van der Waals surface area contributed by atoms with Gasteiger partial charge in [0.15, 0.2) is 0 Å². The molecule has 1 saturated heterocycles. The highest BCUT2D eigenvalue weighted by Gasteiger charge is 2.38. The van der Waals surface area contributed by atoms with E-state index in [1.54, 1.807) is 4.90 Å². The monoisotopic (exact) mass is 372 g/mol. The lowest BCUT2D eigenvalue weighted by Crippen LogP contribution is -2.33. The summed E-state index contributed by atoms with van der Waals surface area (Å²) < 4.78 is 0. The minimum absolute atomic E-state index is 0.155. The molecule has 6 nitrogen and oxygen atoms in total. The molecule has 1 fully saturated rings. The SMILES string of the molecule is Cc1ccc(N2CCC(C(=O)Nc3nnc(CC(C)C)s3)C2=O)cc1C. The number of carbonyl (C=O) groups is 2. The Bertz CT molecular complexity index is 831. The Morgan fingerprint density at radius 1 is 1.31 bits per heavy atom. The molecule has 1 aliphatic rings. The van der Waals surface area contributed by atoms with Crippen LogP contribution >= 0.6 is 11.3 Å². The number of carbonyl (C=O) groups excluding carboxylic acids is 2. The van der Waals surface area contributed by atoms with Gasteiger partial charge in [-0.2, -0.15) is 0 Å². The first-order chi connectivity index (χ1) is 12.3. The first-order valence-corrected chi connectivity index (χ1v) is 9.68. The molecule has 1 aromatic heterocycles. The number of aromatic nitrogens is 2. The summed E-state index contributed by atoms with van der Waals surface area (Å²) in [5.41, 5.74) is 3.17. The van der Waals surface area contributed by atoms with Crippen LogP contribution in [0.15, 0.2) is 18.2 Å². The van der Waals surface area contributed by atoms with Crippen molar-refractivity contribution in [3.8, 4) is 0 Å². The summed E-state index contributed by atoms with van der Waals surface area (Å²) in [5.74, 6) is -0.644. The fourth-order valence-corrected chi connectivity index (χ4v) is 3.96. The summed E-state index contributed by atoms with van der Waals surface area (Å²) in [5, 5.41) is 12.2. The van der Waals surface area contributed by atoms with E-state index in [9.17, 15) is 9.59 Å². The third-order valence-electron chi connectivity index (χ3n) is 4.60. The molecule has 0 spiro atoms. The molecule has 1 N–H and O–H groups in total. The van der Waals surface area contributed by atoms with Crippen LogP contribution in [-0.2, 0) is 16.0 Å². The second kappa shape index (κ2) is 7.53. The van der Waals surface area contributed by atoms with Crippen molar-refractivity contribution < 1.29 is 9.59 Å². The number of benzene rings is 1. The van der Waals surface area contributed by atoms with E-state index in [2.05, 4.69) is 29.4 Å². The summed E-state index contributed by atoms with van der Waals surface area (Å²) in [4.78, 5) is 26.9. The van der Waals surface area contributed by atoms with Crippen molar-refractivity contribution in [1.82, 2.24) is 10.2 Å². The minimum atomic E-state index is -0.672. The molecule has 7 heteroatoms. The van der Waals surface area contributed by atoms with Crippen molar-refractivity contribution in [1.29, 1.82) is 0 Å². The Hall–Kier alpha value is -2.28. The molecule has 138 valence electrons. The predicted octanol–water partition coefficient (Wildman–Crippen LogP) is 3.35. The van der Waals surface area contributed by atoms with E-state index >= 15 is 0 Å². The predicted molar refractivity (Wildman–Crippen MR) is 103 cm³/mol. The van der Waals surface area contributed by atoms with Crippen LogP contribution in [-0.4, -0.2) is 28.6 Å². The highest BCUT2D eigenvalue weighted by Crippen LogP contribution is 2.28. The third-order valence-corrected chi connectivity index (χ3v) is 5.47. The summed E-state index contributed by atoms with van der Waals surface area (Å²) in [6.45, 7) is 8.83. The van der Waals surface area contributed by atoms with E-state index in [-0.39, 0.29) is 11.8 Å². The molecule has 2 amide bonds. The van der Waals surface area contributed by atoms with Crippen LogP contribution < -0.4 is 10.2 Å². The quantitative estimate of drug-likeness (QED) is 0.817. The molecule has 1 unspecified atom stereocenters. The van der Waals surface area contributed by atoms with Crippen LogP contribution in [0.1, 0.15) is 36.4 Å². The van der Waals surface area contributed by atoms with Gasteiger partial charge in [0.1, 0.15) is 10.9 Å². The van der Waals surface area contributed by atoms with Crippen molar-refractivity contribution in [2.75, 3.05) is 16.8 Å². The first kappa shape index (κ1) is 18.5. The summed E-state index contributed by atoms with van der Waals surface area (Å²) >= 11 is 1.37. The van der Waals surface area contributed by atoms with Gasteiger partial charge in [-0.05, 0) is 49.4 Å². The van der Waals surface area contributed by atoms with Gasteiger partial charge < -0.3 is 4.90 Å². The molecule has 2 heterocycles. The van der Waals surface area contributed by atoms with Gasteiger partial charge in [-0.1, -0.05) is 31.3 Å². The molecule has 1 atom stereocenters. The third kappa shape index (κ3) is 3.93. The van der Waals surface area contributed by atoms with Crippen LogP contribution in [0.3, 0.4) is 0 Å². The van der Waals surface area contributed by atoms with E-state index in [0.717, 1.165) is 22.7 Å². The van der Waals surface area contributed by atoms with E-state index in [4.69, 9.17) is 0 Å². The van der Waals surface area contributed by atoms with Gasteiger partial charge in [0.2, 0.25) is 16.9 Å². The Balaban J connectivity index is 1.66. The van der Waals surface area contributed by atoms with Crippen molar-refractivity contribution in [2.45, 2.75) is 40.5 Å². The lowest BCUT2D eigenvalue weighted by atomic mass is 10.1. The van der Waals surface area contributed by atoms with Crippen molar-refractivity contribution >= 4 is 34.0 Å². The van der Waals surface area contributed by atoms with Gasteiger partial charge in [-0.25, -0.2) is 0 Å². The first-order valence-electron chi connectivity index (χ1n) is 8.87. The molecule has 2 aromatic rings. The molecule has 0 aliphatic carbocycles. The van der Waals surface area contributed by atoms with Crippen LogP contribution in [0.4, 0.5) is 10.8 Å². The van der Waals surface area contributed by atoms with E-state index < -0.39 is 5.92 Å². The van der Waals surface area contributed by atoms with Crippen molar-refractivity contribution in [2.24, 2.45) is 11.8 Å². The number of nitrogens with zero attached hydrogens (tertiary/aromatic N) is 3.